The van der Waals surface area contributed by atoms with Crippen molar-refractivity contribution in [2.75, 3.05) is 13.2 Å². The third kappa shape index (κ3) is 50.7. The minimum Gasteiger partial charge on any atom is -0.462 e. The van der Waals surface area contributed by atoms with Gasteiger partial charge in [0.2, 0.25) is 0 Å². The lowest BCUT2D eigenvalue weighted by atomic mass is 10.1. The Labute approximate surface area is 399 Å². The quantitative estimate of drug-likeness (QED) is 0.0199. The van der Waals surface area contributed by atoms with Gasteiger partial charge in [0.05, 0.1) is 0 Å². The first-order valence-corrected chi connectivity index (χ1v) is 26.1. The molecule has 0 aromatic rings. The Hall–Kier alpha value is -4.19. The van der Waals surface area contributed by atoms with Crippen molar-refractivity contribution in [2.24, 2.45) is 0 Å². The topological polar surface area (TPSA) is 78.9 Å². The van der Waals surface area contributed by atoms with E-state index in [0.29, 0.717) is 19.3 Å². The van der Waals surface area contributed by atoms with Crippen molar-refractivity contribution in [3.8, 4) is 0 Å². The van der Waals surface area contributed by atoms with Gasteiger partial charge in [-0.25, -0.2) is 0 Å². The molecule has 0 amide bonds. The highest BCUT2D eigenvalue weighted by Gasteiger charge is 2.19. The molecule has 0 aliphatic rings. The molecule has 0 saturated heterocycles. The molecule has 0 aliphatic heterocycles. The molecule has 6 heteroatoms. The van der Waals surface area contributed by atoms with E-state index in [0.717, 1.165) is 83.5 Å². The van der Waals surface area contributed by atoms with Crippen molar-refractivity contribution >= 4 is 17.9 Å². The lowest BCUT2D eigenvalue weighted by Gasteiger charge is -2.18. The SMILES string of the molecule is CC\C=C/C=C\C=C/C=C\C=C/CCCCCC(=O)OC(COC(=O)CC/C=C\C/C=C\CCCCCCCC)COC(=O)CCCCCCCCCCC/C=C\C/C=C\C/C=C\CC. The van der Waals surface area contributed by atoms with Crippen LogP contribution in [0.3, 0.4) is 0 Å². The molecule has 0 aromatic heterocycles. The first kappa shape index (κ1) is 60.8. The van der Waals surface area contributed by atoms with Crippen molar-refractivity contribution in [3.63, 3.8) is 0 Å². The fourth-order valence-corrected chi connectivity index (χ4v) is 6.71. The van der Waals surface area contributed by atoms with Crippen LogP contribution in [0.4, 0.5) is 0 Å². The van der Waals surface area contributed by atoms with E-state index in [1.165, 1.54) is 77.0 Å². The summed E-state index contributed by atoms with van der Waals surface area (Å²) in [5.74, 6) is -1.04. The number of unbranched alkanes of at least 4 members (excludes halogenated alkanes) is 18. The van der Waals surface area contributed by atoms with Crippen LogP contribution in [0.1, 0.15) is 213 Å². The number of carbonyl (C=O) groups excluding carboxylic acids is 3. The highest BCUT2D eigenvalue weighted by molar-refractivity contribution is 5.71. The molecule has 0 spiro atoms. The van der Waals surface area contributed by atoms with Gasteiger partial charge >= 0.3 is 17.9 Å². The third-order valence-corrected chi connectivity index (χ3v) is 10.6. The number of hydrogen-bond donors (Lipinski definition) is 0. The maximum atomic E-state index is 12.8. The van der Waals surface area contributed by atoms with Crippen LogP contribution in [0, 0.1) is 0 Å². The fourth-order valence-electron chi connectivity index (χ4n) is 6.71. The third-order valence-electron chi connectivity index (χ3n) is 10.6. The molecule has 65 heavy (non-hydrogen) atoms. The molecule has 0 aliphatic carbocycles. The van der Waals surface area contributed by atoms with Crippen LogP contribution in [0.15, 0.2) is 122 Å². The minimum atomic E-state index is -0.828. The molecule has 0 aromatic carbocycles. The van der Waals surface area contributed by atoms with E-state index in [9.17, 15) is 14.4 Å². The summed E-state index contributed by atoms with van der Waals surface area (Å²) in [6.45, 7) is 6.27. The second kappa shape index (κ2) is 52.4. The molecular weight excluding hydrogens is 805 g/mol. The van der Waals surface area contributed by atoms with E-state index in [-0.39, 0.29) is 44.0 Å². The Morgan fingerprint density at radius 1 is 0.338 bits per heavy atom. The van der Waals surface area contributed by atoms with E-state index >= 15 is 0 Å². The maximum absolute atomic E-state index is 12.8. The first-order valence-electron chi connectivity index (χ1n) is 26.1. The minimum absolute atomic E-state index is 0.119. The van der Waals surface area contributed by atoms with Gasteiger partial charge in [0.1, 0.15) is 13.2 Å². The fraction of sp³-hybridized carbons (Fsp3) is 0.610. The Balaban J connectivity index is 4.51. The summed E-state index contributed by atoms with van der Waals surface area (Å²) in [7, 11) is 0. The van der Waals surface area contributed by atoms with E-state index in [4.69, 9.17) is 14.2 Å². The summed E-state index contributed by atoms with van der Waals surface area (Å²) in [4.78, 5) is 38.0. The molecule has 0 radical (unpaired) electrons. The average Bonchev–Trinajstić information content (AvgIpc) is 3.30. The molecule has 1 atom stereocenters. The van der Waals surface area contributed by atoms with Gasteiger partial charge < -0.3 is 14.2 Å². The second-order valence-electron chi connectivity index (χ2n) is 16.8. The summed E-state index contributed by atoms with van der Waals surface area (Å²) in [5.41, 5.74) is 0. The van der Waals surface area contributed by atoms with Crippen LogP contribution in [0.2, 0.25) is 0 Å². The molecule has 0 heterocycles. The van der Waals surface area contributed by atoms with E-state index in [1.807, 2.05) is 54.7 Å². The van der Waals surface area contributed by atoms with Gasteiger partial charge in [-0.1, -0.05) is 226 Å². The van der Waals surface area contributed by atoms with Crippen molar-refractivity contribution in [1.82, 2.24) is 0 Å². The van der Waals surface area contributed by atoms with Crippen LogP contribution in [0.5, 0.6) is 0 Å². The Morgan fingerprint density at radius 2 is 0.708 bits per heavy atom. The van der Waals surface area contributed by atoms with Crippen LogP contribution in [-0.2, 0) is 28.6 Å². The predicted molar refractivity (Wildman–Crippen MR) is 279 cm³/mol. The Morgan fingerprint density at radius 3 is 1.23 bits per heavy atom. The number of esters is 3. The van der Waals surface area contributed by atoms with E-state index in [1.54, 1.807) is 0 Å². The molecule has 1 unspecified atom stereocenters. The zero-order valence-corrected chi connectivity index (χ0v) is 41.7. The number of rotatable bonds is 45. The average molecular weight is 899 g/mol. The molecule has 6 nitrogen and oxygen atoms in total. The summed E-state index contributed by atoms with van der Waals surface area (Å²) in [6, 6.07) is 0. The normalized spacial score (nSPS) is 13.1. The molecular formula is C59H94O6. The number of hydrogen-bond acceptors (Lipinski definition) is 6. The summed E-state index contributed by atoms with van der Waals surface area (Å²) in [6.07, 6.45) is 71.9. The predicted octanol–water partition coefficient (Wildman–Crippen LogP) is 17.3. The highest BCUT2D eigenvalue weighted by atomic mass is 16.6. The van der Waals surface area contributed by atoms with Crippen molar-refractivity contribution < 1.29 is 28.6 Å². The van der Waals surface area contributed by atoms with E-state index in [2.05, 4.69) is 87.6 Å². The summed E-state index contributed by atoms with van der Waals surface area (Å²) >= 11 is 0. The van der Waals surface area contributed by atoms with Gasteiger partial charge in [0, 0.05) is 19.3 Å². The monoisotopic (exact) mass is 899 g/mol. The van der Waals surface area contributed by atoms with Crippen LogP contribution in [-0.4, -0.2) is 37.2 Å². The molecule has 0 rings (SSSR count). The van der Waals surface area contributed by atoms with Crippen LogP contribution < -0.4 is 0 Å². The van der Waals surface area contributed by atoms with Gasteiger partial charge in [-0.3, -0.25) is 14.4 Å². The van der Waals surface area contributed by atoms with E-state index < -0.39 is 6.10 Å². The first-order chi connectivity index (χ1) is 32.0. The van der Waals surface area contributed by atoms with Crippen LogP contribution in [0.25, 0.3) is 0 Å². The van der Waals surface area contributed by atoms with Gasteiger partial charge in [0.15, 0.2) is 6.10 Å². The zero-order chi connectivity index (χ0) is 47.2. The van der Waals surface area contributed by atoms with Crippen LogP contribution >= 0.6 is 0 Å². The molecule has 0 saturated carbocycles. The van der Waals surface area contributed by atoms with Crippen molar-refractivity contribution in [2.45, 2.75) is 219 Å². The second-order valence-corrected chi connectivity index (χ2v) is 16.8. The van der Waals surface area contributed by atoms with Gasteiger partial charge in [-0.15, -0.1) is 0 Å². The number of ether oxygens (including phenoxy) is 3. The standard InChI is InChI=1S/C59H94O6/c1-4-7-10-13-16-19-22-25-27-28-29-30-32-34-37-40-43-46-49-52-58(61)64-55-56(54-63-57(60)51-48-45-42-39-36-33-24-21-18-15-12-9-6-3)65-59(62)53-50-47-44-41-38-35-31-26-23-20-17-14-11-8-5-2/h7-8,10-11,14,16-17,19-20,23,25-27,31,33,35-36,38,42,45,56H,4-6,9,12-13,15,18,21-22,24,28-30,32,34,37,39-41,43-44,46-55H2,1-3H3/b10-7-,11-8-,17-14-,19-16-,23-20-,27-25-,31-26-,36-33-,38-35-,45-42-. The molecule has 0 bridgehead atoms. The largest absolute Gasteiger partial charge is 0.462 e. The summed E-state index contributed by atoms with van der Waals surface area (Å²) in [5, 5.41) is 0. The Bertz CT molecular complexity index is 1400. The zero-order valence-electron chi connectivity index (χ0n) is 41.7. The molecule has 0 fully saturated rings. The maximum Gasteiger partial charge on any atom is 0.306 e. The molecule has 0 N–H and O–H groups in total. The number of carbonyl (C=O) groups is 3. The lowest BCUT2D eigenvalue weighted by Crippen LogP contribution is -2.30. The molecule has 366 valence electrons. The van der Waals surface area contributed by atoms with Gasteiger partial charge in [-0.05, 0) is 89.9 Å². The van der Waals surface area contributed by atoms with Gasteiger partial charge in [0.25, 0.3) is 0 Å². The smallest absolute Gasteiger partial charge is 0.306 e. The van der Waals surface area contributed by atoms with Crippen molar-refractivity contribution in [1.29, 1.82) is 0 Å². The summed E-state index contributed by atoms with van der Waals surface area (Å²) < 4.78 is 16.7. The van der Waals surface area contributed by atoms with Crippen molar-refractivity contribution in [3.05, 3.63) is 122 Å². The van der Waals surface area contributed by atoms with Gasteiger partial charge in [-0.2, -0.15) is 0 Å². The Kier molecular flexibility index (Phi) is 49.1. The highest BCUT2D eigenvalue weighted by Crippen LogP contribution is 2.13. The lowest BCUT2D eigenvalue weighted by molar-refractivity contribution is -0.166. The number of allylic oxidation sites excluding steroid dienone is 20.